The highest BCUT2D eigenvalue weighted by Gasteiger charge is 2.75. The average molecular weight is 671 g/mol. The molecule has 260 valence electrons. The molecule has 3 fully saturated rings. The number of para-hydroxylation sites is 1. The number of amides is 3. The van der Waals surface area contributed by atoms with E-state index in [2.05, 4.69) is 23.5 Å². The SMILES string of the molecule is C=CCN(Cn1nnc2ccccc21)C(=O)C1N([C@@H](CO)[C@@H](C)CC)C(=O)[C@@H]2[C@@H](C(=O)N(CC=C)c3ccc(OCC)cc3)[C@H]3CCC12O3. The fourth-order valence-electron chi connectivity index (χ4n) is 8.07. The van der Waals surface area contributed by atoms with Gasteiger partial charge in [0.15, 0.2) is 0 Å². The molecule has 3 aliphatic rings. The highest BCUT2D eigenvalue weighted by molar-refractivity contribution is 6.03. The van der Waals surface area contributed by atoms with Gasteiger partial charge < -0.3 is 29.3 Å². The molecule has 3 amide bonds. The minimum Gasteiger partial charge on any atom is -0.494 e. The van der Waals surface area contributed by atoms with E-state index in [1.54, 1.807) is 31.5 Å². The van der Waals surface area contributed by atoms with Gasteiger partial charge in [0.1, 0.15) is 29.6 Å². The molecule has 2 unspecified atom stereocenters. The minimum atomic E-state index is -1.25. The van der Waals surface area contributed by atoms with Gasteiger partial charge >= 0.3 is 0 Å². The normalized spacial score (nSPS) is 25.2. The van der Waals surface area contributed by atoms with E-state index in [0.29, 0.717) is 42.8 Å². The third kappa shape index (κ3) is 5.80. The van der Waals surface area contributed by atoms with Gasteiger partial charge in [0, 0.05) is 18.8 Å². The van der Waals surface area contributed by atoms with E-state index in [0.717, 1.165) is 5.52 Å². The fraction of sp³-hybridized carbons (Fsp3) is 0.486. The van der Waals surface area contributed by atoms with Gasteiger partial charge in [0.05, 0.1) is 42.7 Å². The molecule has 3 saturated heterocycles. The van der Waals surface area contributed by atoms with Gasteiger partial charge in [-0.1, -0.05) is 49.8 Å². The van der Waals surface area contributed by atoms with Crippen molar-refractivity contribution in [3.05, 3.63) is 73.8 Å². The number of hydrogen-bond donors (Lipinski definition) is 1. The lowest BCUT2D eigenvalue weighted by Gasteiger charge is -2.40. The molecule has 0 aliphatic carbocycles. The Bertz CT molecular complexity index is 1710. The second-order valence-corrected chi connectivity index (χ2v) is 13.2. The molecule has 3 aliphatic heterocycles. The summed E-state index contributed by atoms with van der Waals surface area (Å²) in [4.78, 5) is 49.2. The van der Waals surface area contributed by atoms with Crippen molar-refractivity contribution in [1.82, 2.24) is 24.8 Å². The van der Waals surface area contributed by atoms with Crippen molar-refractivity contribution >= 4 is 34.4 Å². The number of ether oxygens (including phenoxy) is 2. The standard InChI is InChI=1S/C37H46N6O6/c1-6-20-40(23-42-28-13-11-10-12-27(28)38-39-42)36(47)33-37-19-18-30(49-37)31(32(37)35(46)43(33)29(22-44)24(5)8-3)34(45)41(21-7-2)25-14-16-26(17-15-25)48-9-4/h6-7,10-17,24,29-33,44H,1-2,8-9,18-23H2,3-5H3/t24-,29-,30+,31-,32-,33?,37?/m0/s1. The smallest absolute Gasteiger partial charge is 0.250 e. The van der Waals surface area contributed by atoms with Crippen LogP contribution in [-0.4, -0.2) is 97.7 Å². The summed E-state index contributed by atoms with van der Waals surface area (Å²) < 4.78 is 14.0. The van der Waals surface area contributed by atoms with E-state index in [9.17, 15) is 19.5 Å². The topological polar surface area (TPSA) is 130 Å². The Morgan fingerprint density at radius 3 is 2.53 bits per heavy atom. The summed E-state index contributed by atoms with van der Waals surface area (Å²) in [5, 5.41) is 19.3. The number of benzene rings is 2. The molecule has 7 atom stereocenters. The maximum absolute atomic E-state index is 15.0. The maximum Gasteiger partial charge on any atom is 0.250 e. The van der Waals surface area contributed by atoms with E-state index >= 15 is 0 Å². The predicted octanol–water partition coefficient (Wildman–Crippen LogP) is 3.80. The summed E-state index contributed by atoms with van der Waals surface area (Å²) in [6, 6.07) is 13.0. The molecule has 6 rings (SSSR count). The predicted molar refractivity (Wildman–Crippen MR) is 184 cm³/mol. The zero-order valence-corrected chi connectivity index (χ0v) is 28.5. The van der Waals surface area contributed by atoms with Crippen LogP contribution in [0.25, 0.3) is 11.0 Å². The highest BCUT2D eigenvalue weighted by atomic mass is 16.5. The third-order valence-corrected chi connectivity index (χ3v) is 10.5. The molecular weight excluding hydrogens is 624 g/mol. The number of aromatic nitrogens is 3. The van der Waals surface area contributed by atoms with Crippen LogP contribution in [0.3, 0.4) is 0 Å². The van der Waals surface area contributed by atoms with E-state index in [-0.39, 0.29) is 50.0 Å². The molecular formula is C37H46N6O6. The van der Waals surface area contributed by atoms with Crippen LogP contribution in [0.2, 0.25) is 0 Å². The number of aliphatic hydroxyl groups excluding tert-OH is 1. The molecule has 2 aromatic carbocycles. The lowest BCUT2D eigenvalue weighted by Crippen LogP contribution is -2.60. The van der Waals surface area contributed by atoms with Gasteiger partial charge in [-0.3, -0.25) is 14.4 Å². The number of likely N-dealkylation sites (tertiary alicyclic amines) is 1. The molecule has 0 saturated carbocycles. The zero-order valence-electron chi connectivity index (χ0n) is 28.5. The summed E-state index contributed by atoms with van der Waals surface area (Å²) in [7, 11) is 0. The monoisotopic (exact) mass is 670 g/mol. The molecule has 0 radical (unpaired) electrons. The summed E-state index contributed by atoms with van der Waals surface area (Å²) >= 11 is 0. The average Bonchev–Trinajstić information content (AvgIpc) is 3.87. The number of rotatable bonds is 15. The largest absolute Gasteiger partial charge is 0.494 e. The first-order chi connectivity index (χ1) is 23.7. The molecule has 3 aromatic rings. The van der Waals surface area contributed by atoms with Crippen LogP contribution < -0.4 is 9.64 Å². The van der Waals surface area contributed by atoms with Crippen molar-refractivity contribution in [2.45, 2.75) is 70.5 Å². The second-order valence-electron chi connectivity index (χ2n) is 13.2. The first-order valence-electron chi connectivity index (χ1n) is 17.2. The number of anilines is 1. The van der Waals surface area contributed by atoms with Crippen LogP contribution in [0.1, 0.15) is 40.0 Å². The molecule has 12 heteroatoms. The number of hydrogen-bond acceptors (Lipinski definition) is 8. The molecule has 12 nitrogen and oxygen atoms in total. The van der Waals surface area contributed by atoms with Gasteiger partial charge in [-0.15, -0.1) is 18.3 Å². The van der Waals surface area contributed by atoms with Crippen LogP contribution >= 0.6 is 0 Å². The summed E-state index contributed by atoms with van der Waals surface area (Å²) in [6.45, 7) is 14.3. The van der Waals surface area contributed by atoms with E-state index in [1.807, 2.05) is 69.3 Å². The summed E-state index contributed by atoms with van der Waals surface area (Å²) in [5.74, 6) is -2.11. The molecule has 1 N–H and O–H groups in total. The van der Waals surface area contributed by atoms with Crippen molar-refractivity contribution in [1.29, 1.82) is 0 Å². The van der Waals surface area contributed by atoms with E-state index < -0.39 is 35.6 Å². The Morgan fingerprint density at radius 2 is 1.86 bits per heavy atom. The Hall–Kier alpha value is -4.55. The van der Waals surface area contributed by atoms with Gasteiger partial charge in [-0.25, -0.2) is 4.68 Å². The van der Waals surface area contributed by atoms with Crippen molar-refractivity contribution in [2.24, 2.45) is 17.8 Å². The Labute approximate surface area is 286 Å². The quantitative estimate of drug-likeness (QED) is 0.242. The number of fused-ring (bicyclic) bond motifs is 2. The third-order valence-electron chi connectivity index (χ3n) is 10.5. The lowest BCUT2D eigenvalue weighted by molar-refractivity contribution is -0.153. The van der Waals surface area contributed by atoms with Crippen molar-refractivity contribution < 1.29 is 29.0 Å². The Balaban J connectivity index is 1.40. The number of nitrogens with zero attached hydrogens (tertiary/aromatic N) is 6. The fourth-order valence-corrected chi connectivity index (χ4v) is 8.07. The van der Waals surface area contributed by atoms with Gasteiger partial charge in [0.25, 0.3) is 0 Å². The van der Waals surface area contributed by atoms with Crippen LogP contribution in [0.5, 0.6) is 5.75 Å². The summed E-state index contributed by atoms with van der Waals surface area (Å²) in [5.41, 5.74) is 0.846. The minimum absolute atomic E-state index is 0.0639. The first-order valence-corrected chi connectivity index (χ1v) is 17.2. The van der Waals surface area contributed by atoms with Gasteiger partial charge in [-0.05, 0) is 62.1 Å². The number of aliphatic hydroxyl groups is 1. The van der Waals surface area contributed by atoms with Crippen molar-refractivity contribution in [2.75, 3.05) is 31.2 Å². The zero-order chi connectivity index (χ0) is 34.9. The maximum atomic E-state index is 15.0. The summed E-state index contributed by atoms with van der Waals surface area (Å²) in [6.07, 6.45) is 4.37. The van der Waals surface area contributed by atoms with Crippen LogP contribution in [0, 0.1) is 17.8 Å². The Kier molecular flexibility index (Phi) is 9.89. The molecule has 49 heavy (non-hydrogen) atoms. The van der Waals surface area contributed by atoms with Gasteiger partial charge in [-0.2, -0.15) is 0 Å². The Morgan fingerprint density at radius 1 is 1.12 bits per heavy atom. The number of carbonyl (C=O) groups excluding carboxylic acids is 3. The van der Waals surface area contributed by atoms with Crippen LogP contribution in [-0.2, 0) is 25.8 Å². The van der Waals surface area contributed by atoms with Crippen molar-refractivity contribution in [3.63, 3.8) is 0 Å². The highest BCUT2D eigenvalue weighted by Crippen LogP contribution is 2.59. The molecule has 1 spiro atoms. The van der Waals surface area contributed by atoms with Crippen molar-refractivity contribution in [3.8, 4) is 5.75 Å². The molecule has 4 heterocycles. The van der Waals surface area contributed by atoms with E-state index in [4.69, 9.17) is 9.47 Å². The number of carbonyl (C=O) groups is 3. The lowest BCUT2D eigenvalue weighted by atomic mass is 9.70. The van der Waals surface area contributed by atoms with Gasteiger partial charge in [0.2, 0.25) is 17.7 Å². The first kappa shape index (κ1) is 34.3. The molecule has 1 aromatic heterocycles. The van der Waals surface area contributed by atoms with Crippen LogP contribution in [0.4, 0.5) is 5.69 Å². The molecule has 2 bridgehead atoms. The van der Waals surface area contributed by atoms with E-state index in [1.165, 1.54) is 0 Å². The van der Waals surface area contributed by atoms with Crippen LogP contribution in [0.15, 0.2) is 73.8 Å². The second kappa shape index (κ2) is 14.1.